The van der Waals surface area contributed by atoms with Crippen LogP contribution in [0.2, 0.25) is 0 Å². The third-order valence-electron chi connectivity index (χ3n) is 5.81. The van der Waals surface area contributed by atoms with Gasteiger partial charge in [0, 0.05) is 25.1 Å². The number of methoxy groups -OCH3 is 2. The normalized spacial score (nSPS) is 14.1. The number of ether oxygens (including phenoxy) is 2. The van der Waals surface area contributed by atoms with Gasteiger partial charge < -0.3 is 19.3 Å². The van der Waals surface area contributed by atoms with Crippen molar-refractivity contribution in [2.75, 3.05) is 27.3 Å². The minimum Gasteiger partial charge on any atom is -0.497 e. The van der Waals surface area contributed by atoms with Crippen LogP contribution in [0, 0.1) is 0 Å². The third kappa shape index (κ3) is 5.80. The molecule has 186 valence electrons. The lowest BCUT2D eigenvalue weighted by molar-refractivity contribution is -0.121. The molecule has 0 bridgehead atoms. The zero-order valence-corrected chi connectivity index (χ0v) is 20.5. The van der Waals surface area contributed by atoms with Crippen LogP contribution >= 0.6 is 0 Å². The van der Waals surface area contributed by atoms with Crippen molar-refractivity contribution in [1.29, 1.82) is 0 Å². The lowest BCUT2D eigenvalue weighted by Crippen LogP contribution is -2.28. The van der Waals surface area contributed by atoms with Crippen molar-refractivity contribution < 1.29 is 27.2 Å². The summed E-state index contributed by atoms with van der Waals surface area (Å²) < 4.78 is 43.1. The summed E-state index contributed by atoms with van der Waals surface area (Å²) in [6.07, 6.45) is 2.19. The zero-order chi connectivity index (χ0) is 24.8. The standard InChI is InChI=1S/C24H28N4O6S/c1-32-19-7-5-6-18(14-19)24-26-23(34-27-24)16-25-22(29)11-8-17-15-20(9-10-21(17)33-2)35(30,31)28-12-3-4-13-28/h5-7,9-10,14-15H,3-4,8,11-13,16H2,1-2H3,(H,25,29). The monoisotopic (exact) mass is 500 g/mol. The number of rotatable bonds is 10. The number of carbonyl (C=O) groups is 1. The van der Waals surface area contributed by atoms with Gasteiger partial charge in [-0.15, -0.1) is 0 Å². The molecule has 0 unspecified atom stereocenters. The maximum atomic E-state index is 12.9. The van der Waals surface area contributed by atoms with Crippen LogP contribution in [0.1, 0.15) is 30.7 Å². The first kappa shape index (κ1) is 24.7. The van der Waals surface area contributed by atoms with Crippen molar-refractivity contribution >= 4 is 15.9 Å². The third-order valence-corrected chi connectivity index (χ3v) is 7.70. The molecule has 0 radical (unpaired) electrons. The highest BCUT2D eigenvalue weighted by Gasteiger charge is 2.27. The van der Waals surface area contributed by atoms with E-state index in [1.807, 2.05) is 18.2 Å². The number of aromatic nitrogens is 2. The Morgan fingerprint density at radius 2 is 1.91 bits per heavy atom. The molecule has 2 heterocycles. The van der Waals surface area contributed by atoms with Gasteiger partial charge in [-0.2, -0.15) is 9.29 Å². The molecule has 0 aliphatic carbocycles. The maximum absolute atomic E-state index is 12.9. The maximum Gasteiger partial charge on any atom is 0.246 e. The molecule has 4 rings (SSSR count). The average molecular weight is 501 g/mol. The second-order valence-corrected chi connectivity index (χ2v) is 10.0. The molecule has 0 saturated carbocycles. The molecular weight excluding hydrogens is 472 g/mol. The van der Waals surface area contributed by atoms with Crippen LogP contribution in [-0.2, 0) is 27.8 Å². The van der Waals surface area contributed by atoms with Crippen molar-refractivity contribution in [2.45, 2.75) is 37.1 Å². The largest absolute Gasteiger partial charge is 0.497 e. The molecule has 11 heteroatoms. The number of hydrogen-bond donors (Lipinski definition) is 1. The van der Waals surface area contributed by atoms with E-state index in [9.17, 15) is 13.2 Å². The molecule has 1 aliphatic rings. The number of sulfonamides is 1. The van der Waals surface area contributed by atoms with Gasteiger partial charge in [-0.1, -0.05) is 17.3 Å². The van der Waals surface area contributed by atoms with Crippen LogP contribution in [0.4, 0.5) is 0 Å². The van der Waals surface area contributed by atoms with E-state index in [1.54, 1.807) is 31.4 Å². The number of carbonyl (C=O) groups excluding carboxylic acids is 1. The average Bonchev–Trinajstić information content (AvgIpc) is 3.59. The van der Waals surface area contributed by atoms with Gasteiger partial charge in [-0.25, -0.2) is 8.42 Å². The molecule has 1 saturated heterocycles. The highest BCUT2D eigenvalue weighted by atomic mass is 32.2. The number of aryl methyl sites for hydroxylation is 1. The van der Waals surface area contributed by atoms with Gasteiger partial charge in [0.15, 0.2) is 0 Å². The van der Waals surface area contributed by atoms with Gasteiger partial charge in [0.05, 0.1) is 25.7 Å². The summed E-state index contributed by atoms with van der Waals surface area (Å²) in [6.45, 7) is 1.14. The van der Waals surface area contributed by atoms with Crippen LogP contribution in [0.15, 0.2) is 51.9 Å². The van der Waals surface area contributed by atoms with Crippen molar-refractivity contribution in [3.05, 3.63) is 53.9 Å². The van der Waals surface area contributed by atoms with Gasteiger partial charge in [0.1, 0.15) is 11.5 Å². The van der Waals surface area contributed by atoms with Crippen LogP contribution in [0.25, 0.3) is 11.4 Å². The van der Waals surface area contributed by atoms with Gasteiger partial charge in [-0.3, -0.25) is 4.79 Å². The fraction of sp³-hybridized carbons (Fsp3) is 0.375. The summed E-state index contributed by atoms with van der Waals surface area (Å²) in [5.74, 6) is 1.65. The summed E-state index contributed by atoms with van der Waals surface area (Å²) >= 11 is 0. The van der Waals surface area contributed by atoms with Crippen molar-refractivity contribution in [2.24, 2.45) is 0 Å². The van der Waals surface area contributed by atoms with Gasteiger partial charge in [0.25, 0.3) is 0 Å². The molecule has 0 atom stereocenters. The quantitative estimate of drug-likeness (QED) is 0.451. The smallest absolute Gasteiger partial charge is 0.246 e. The minimum atomic E-state index is -3.55. The Labute approximate surface area is 204 Å². The molecule has 1 aliphatic heterocycles. The second-order valence-electron chi connectivity index (χ2n) is 8.11. The number of amides is 1. The van der Waals surface area contributed by atoms with Crippen molar-refractivity contribution in [1.82, 2.24) is 19.8 Å². The van der Waals surface area contributed by atoms with Crippen LogP contribution in [0.5, 0.6) is 11.5 Å². The Hall–Kier alpha value is -3.44. The molecule has 10 nitrogen and oxygen atoms in total. The fourth-order valence-corrected chi connectivity index (χ4v) is 5.47. The van der Waals surface area contributed by atoms with Crippen LogP contribution in [-0.4, -0.2) is 56.1 Å². The molecule has 0 spiro atoms. The Bertz CT molecular complexity index is 1280. The van der Waals surface area contributed by atoms with E-state index in [-0.39, 0.29) is 29.7 Å². The van der Waals surface area contributed by atoms with E-state index in [2.05, 4.69) is 15.5 Å². The summed E-state index contributed by atoms with van der Waals surface area (Å²) in [4.78, 5) is 17.0. The summed E-state index contributed by atoms with van der Waals surface area (Å²) in [7, 11) is -0.459. The van der Waals surface area contributed by atoms with E-state index >= 15 is 0 Å². The van der Waals surface area contributed by atoms with E-state index in [0.29, 0.717) is 42.4 Å². The summed E-state index contributed by atoms with van der Waals surface area (Å²) in [6, 6.07) is 12.0. The minimum absolute atomic E-state index is 0.0797. The Kier molecular flexibility index (Phi) is 7.67. The molecule has 35 heavy (non-hydrogen) atoms. The van der Waals surface area contributed by atoms with Crippen molar-refractivity contribution in [3.8, 4) is 22.9 Å². The highest BCUT2D eigenvalue weighted by molar-refractivity contribution is 7.89. The van der Waals surface area contributed by atoms with E-state index < -0.39 is 10.0 Å². The molecule has 3 aromatic rings. The molecule has 1 fully saturated rings. The molecule has 1 aromatic heterocycles. The lowest BCUT2D eigenvalue weighted by atomic mass is 10.1. The Morgan fingerprint density at radius 3 is 2.66 bits per heavy atom. The predicted molar refractivity (Wildman–Crippen MR) is 127 cm³/mol. The summed E-state index contributed by atoms with van der Waals surface area (Å²) in [5, 5.41) is 6.71. The Balaban J connectivity index is 1.36. The number of nitrogens with one attached hydrogen (secondary N) is 1. The van der Waals surface area contributed by atoms with E-state index in [1.165, 1.54) is 11.4 Å². The SMILES string of the molecule is COc1cccc(-c2noc(CNC(=O)CCc3cc(S(=O)(=O)N4CCCC4)ccc3OC)n2)c1. The zero-order valence-electron chi connectivity index (χ0n) is 19.7. The van der Waals surface area contributed by atoms with E-state index in [0.717, 1.165) is 18.4 Å². The predicted octanol–water partition coefficient (Wildman–Crippen LogP) is 2.79. The first-order valence-corrected chi connectivity index (χ1v) is 12.8. The molecule has 1 amide bonds. The van der Waals surface area contributed by atoms with Gasteiger partial charge in [-0.05, 0) is 55.2 Å². The van der Waals surface area contributed by atoms with Gasteiger partial charge >= 0.3 is 0 Å². The van der Waals surface area contributed by atoms with Gasteiger partial charge in [0.2, 0.25) is 27.6 Å². The van der Waals surface area contributed by atoms with E-state index in [4.69, 9.17) is 14.0 Å². The lowest BCUT2D eigenvalue weighted by Gasteiger charge is -2.17. The molecular formula is C24H28N4O6S. The molecule has 2 aromatic carbocycles. The highest BCUT2D eigenvalue weighted by Crippen LogP contribution is 2.27. The number of nitrogens with zero attached hydrogens (tertiary/aromatic N) is 3. The summed E-state index contributed by atoms with van der Waals surface area (Å²) in [5.41, 5.74) is 1.39. The Morgan fingerprint density at radius 1 is 1.11 bits per heavy atom. The van der Waals surface area contributed by atoms with Crippen molar-refractivity contribution in [3.63, 3.8) is 0 Å². The fourth-order valence-electron chi connectivity index (χ4n) is 3.91. The molecule has 1 N–H and O–H groups in total. The number of benzene rings is 2. The first-order chi connectivity index (χ1) is 16.9. The number of hydrogen-bond acceptors (Lipinski definition) is 8. The van der Waals surface area contributed by atoms with Crippen LogP contribution < -0.4 is 14.8 Å². The topological polar surface area (TPSA) is 124 Å². The van der Waals surface area contributed by atoms with Crippen LogP contribution in [0.3, 0.4) is 0 Å². The second kappa shape index (κ2) is 10.9. The first-order valence-electron chi connectivity index (χ1n) is 11.3.